The molecule has 2 heterocycles. The molecule has 0 aliphatic carbocycles. The second-order valence-electron chi connectivity index (χ2n) is 8.14. The highest BCUT2D eigenvalue weighted by atomic mass is 35.5. The van der Waals surface area contributed by atoms with Gasteiger partial charge in [-0.15, -0.1) is 0 Å². The zero-order valence-corrected chi connectivity index (χ0v) is 21.7. The molecule has 0 saturated carbocycles. The number of amides is 2. The van der Waals surface area contributed by atoms with Crippen LogP contribution < -0.4 is 4.72 Å². The predicted octanol–water partition coefficient (Wildman–Crippen LogP) is 6.44. The standard InChI is InChI=1S/C24H22ClF3N4O2S2/c1-3-18(30-35-2)13-31-22(33)21(36-23(31)34)9-14-4-7-20-16(8-14)11-29-32(20)12-15-5-6-17(25)10-19(15)24(26,27)28/h4-11,18,30H,3,12-13H2,1-2H3/b21-9-/t18-/m0/s1. The van der Waals surface area contributed by atoms with Gasteiger partial charge in [0.2, 0.25) is 0 Å². The van der Waals surface area contributed by atoms with Crippen molar-refractivity contribution in [1.29, 1.82) is 0 Å². The first-order valence-electron chi connectivity index (χ1n) is 11.0. The molecule has 12 heteroatoms. The Labute approximate surface area is 219 Å². The Hall–Kier alpha value is -2.47. The molecule has 0 bridgehead atoms. The number of nitrogens with zero attached hydrogens (tertiary/aromatic N) is 3. The molecule has 1 atom stereocenters. The van der Waals surface area contributed by atoms with Gasteiger partial charge in [0, 0.05) is 23.0 Å². The number of hydrogen-bond acceptors (Lipinski definition) is 6. The number of alkyl halides is 3. The molecular weight excluding hydrogens is 533 g/mol. The highest BCUT2D eigenvalue weighted by molar-refractivity contribution is 8.18. The normalized spacial score (nSPS) is 16.5. The van der Waals surface area contributed by atoms with Crippen LogP contribution in [0.1, 0.15) is 30.0 Å². The van der Waals surface area contributed by atoms with Crippen molar-refractivity contribution in [2.24, 2.45) is 0 Å². The highest BCUT2D eigenvalue weighted by Gasteiger charge is 2.36. The molecule has 2 aromatic carbocycles. The summed E-state index contributed by atoms with van der Waals surface area (Å²) < 4.78 is 45.1. The molecule has 6 nitrogen and oxygen atoms in total. The number of thioether (sulfide) groups is 1. The second-order valence-corrected chi connectivity index (χ2v) is 10.2. The van der Waals surface area contributed by atoms with E-state index in [1.165, 1.54) is 33.7 Å². The summed E-state index contributed by atoms with van der Waals surface area (Å²) in [5, 5.41) is 4.65. The van der Waals surface area contributed by atoms with E-state index in [-0.39, 0.29) is 40.9 Å². The lowest BCUT2D eigenvalue weighted by atomic mass is 10.1. The molecule has 3 aromatic rings. The van der Waals surface area contributed by atoms with Crippen LogP contribution in [0, 0.1) is 0 Å². The quantitative estimate of drug-likeness (QED) is 0.255. The first-order valence-corrected chi connectivity index (χ1v) is 13.4. The zero-order valence-electron chi connectivity index (χ0n) is 19.3. The van der Waals surface area contributed by atoms with Crippen LogP contribution in [0.4, 0.5) is 18.0 Å². The minimum atomic E-state index is -4.54. The van der Waals surface area contributed by atoms with Crippen LogP contribution in [0.3, 0.4) is 0 Å². The monoisotopic (exact) mass is 554 g/mol. The average molecular weight is 555 g/mol. The summed E-state index contributed by atoms with van der Waals surface area (Å²) in [7, 11) is 0. The molecule has 1 N–H and O–H groups in total. The number of fused-ring (bicyclic) bond motifs is 1. The molecule has 0 unspecified atom stereocenters. The first-order chi connectivity index (χ1) is 17.1. The van der Waals surface area contributed by atoms with Gasteiger partial charge < -0.3 is 0 Å². The molecule has 0 spiro atoms. The van der Waals surface area contributed by atoms with E-state index in [9.17, 15) is 22.8 Å². The summed E-state index contributed by atoms with van der Waals surface area (Å²) in [5.41, 5.74) is 0.571. The summed E-state index contributed by atoms with van der Waals surface area (Å²) >= 11 is 8.11. The van der Waals surface area contributed by atoms with Crippen molar-refractivity contribution in [3.63, 3.8) is 0 Å². The number of nitrogens with one attached hydrogen (secondary N) is 1. The Bertz CT molecular complexity index is 1340. The SMILES string of the molecule is CC[C@@H](CN1C(=O)S/C(=C\c2ccc3c(cnn3Cc3ccc(Cl)cc3C(F)(F)F)c2)C1=O)NSC. The molecule has 1 aromatic heterocycles. The molecule has 1 aliphatic rings. The summed E-state index contributed by atoms with van der Waals surface area (Å²) in [5.74, 6) is -0.343. The largest absolute Gasteiger partial charge is 0.416 e. The van der Waals surface area contributed by atoms with Crippen molar-refractivity contribution in [3.05, 3.63) is 69.2 Å². The van der Waals surface area contributed by atoms with E-state index in [1.54, 1.807) is 30.5 Å². The smallest absolute Gasteiger partial charge is 0.268 e. The maximum absolute atomic E-state index is 13.5. The van der Waals surface area contributed by atoms with Crippen LogP contribution >= 0.6 is 35.3 Å². The third-order valence-corrected chi connectivity index (χ3v) is 7.43. The third kappa shape index (κ3) is 5.74. The Morgan fingerprint density at radius 2 is 2.00 bits per heavy atom. The lowest BCUT2D eigenvalue weighted by Gasteiger charge is -2.20. The van der Waals surface area contributed by atoms with Crippen LogP contribution in [0.5, 0.6) is 0 Å². The van der Waals surface area contributed by atoms with Gasteiger partial charge in [0.25, 0.3) is 11.1 Å². The van der Waals surface area contributed by atoms with Crippen LogP contribution in [-0.2, 0) is 17.5 Å². The maximum atomic E-state index is 13.5. The van der Waals surface area contributed by atoms with Crippen molar-refractivity contribution >= 4 is 63.4 Å². The second kappa shape index (κ2) is 10.9. The van der Waals surface area contributed by atoms with E-state index >= 15 is 0 Å². The van der Waals surface area contributed by atoms with E-state index in [0.717, 1.165) is 24.2 Å². The van der Waals surface area contributed by atoms with Gasteiger partial charge in [-0.05, 0) is 65.9 Å². The Morgan fingerprint density at radius 3 is 2.69 bits per heavy atom. The minimum Gasteiger partial charge on any atom is -0.268 e. The number of carbonyl (C=O) groups is 2. The Kier molecular flexibility index (Phi) is 8.03. The van der Waals surface area contributed by atoms with Crippen molar-refractivity contribution in [1.82, 2.24) is 19.4 Å². The van der Waals surface area contributed by atoms with Gasteiger partial charge in [-0.1, -0.05) is 42.6 Å². The molecule has 4 rings (SSSR count). The van der Waals surface area contributed by atoms with Gasteiger partial charge in [0.05, 0.1) is 28.7 Å². The minimum absolute atomic E-state index is 0.00598. The average Bonchev–Trinajstić information content (AvgIpc) is 3.34. The molecule has 36 heavy (non-hydrogen) atoms. The zero-order chi connectivity index (χ0) is 26.0. The number of rotatable bonds is 8. The molecule has 2 amide bonds. The number of imide groups is 1. The lowest BCUT2D eigenvalue weighted by molar-refractivity contribution is -0.138. The Morgan fingerprint density at radius 1 is 1.22 bits per heavy atom. The van der Waals surface area contributed by atoms with Crippen LogP contribution in [0.25, 0.3) is 17.0 Å². The third-order valence-electron chi connectivity index (χ3n) is 5.71. The topological polar surface area (TPSA) is 67.2 Å². The fourth-order valence-corrected chi connectivity index (χ4v) is 5.47. The van der Waals surface area contributed by atoms with E-state index in [1.807, 2.05) is 13.2 Å². The van der Waals surface area contributed by atoms with Crippen molar-refractivity contribution in [2.75, 3.05) is 12.8 Å². The molecular formula is C24H22ClF3N4O2S2. The molecule has 190 valence electrons. The van der Waals surface area contributed by atoms with Gasteiger partial charge in [0.1, 0.15) is 0 Å². The van der Waals surface area contributed by atoms with Crippen LogP contribution in [-0.4, -0.2) is 44.7 Å². The number of halogens is 4. The van der Waals surface area contributed by atoms with E-state index < -0.39 is 11.7 Å². The number of aromatic nitrogens is 2. The first kappa shape index (κ1) is 26.6. The fraction of sp³-hybridized carbons (Fsp3) is 0.292. The Balaban J connectivity index is 1.56. The molecule has 0 radical (unpaired) electrons. The van der Waals surface area contributed by atoms with E-state index in [0.29, 0.717) is 21.4 Å². The van der Waals surface area contributed by atoms with Crippen molar-refractivity contribution < 1.29 is 22.8 Å². The van der Waals surface area contributed by atoms with Gasteiger partial charge in [-0.3, -0.25) is 23.9 Å². The summed E-state index contributed by atoms with van der Waals surface area (Å²) in [6, 6.07) is 8.93. The highest BCUT2D eigenvalue weighted by Crippen LogP contribution is 2.35. The van der Waals surface area contributed by atoms with Crippen molar-refractivity contribution in [3.8, 4) is 0 Å². The summed E-state index contributed by atoms with van der Waals surface area (Å²) in [6.07, 6.45) is 1.32. The van der Waals surface area contributed by atoms with Gasteiger partial charge >= 0.3 is 6.18 Å². The molecule has 1 saturated heterocycles. The van der Waals surface area contributed by atoms with Crippen LogP contribution in [0.2, 0.25) is 5.02 Å². The summed E-state index contributed by atoms with van der Waals surface area (Å²) in [6.45, 7) is 2.18. The predicted molar refractivity (Wildman–Crippen MR) is 139 cm³/mol. The van der Waals surface area contributed by atoms with E-state index in [4.69, 9.17) is 11.6 Å². The fourth-order valence-electron chi connectivity index (χ4n) is 3.88. The van der Waals surface area contributed by atoms with Gasteiger partial charge in [-0.25, -0.2) is 0 Å². The lowest BCUT2D eigenvalue weighted by Crippen LogP contribution is -2.40. The van der Waals surface area contributed by atoms with E-state index in [2.05, 4.69) is 9.82 Å². The van der Waals surface area contributed by atoms with Gasteiger partial charge in [0.15, 0.2) is 0 Å². The molecule has 1 fully saturated rings. The van der Waals surface area contributed by atoms with Crippen LogP contribution in [0.15, 0.2) is 47.5 Å². The van der Waals surface area contributed by atoms with Gasteiger partial charge in [-0.2, -0.15) is 18.3 Å². The molecule has 1 aliphatic heterocycles. The number of carbonyl (C=O) groups excluding carboxylic acids is 2. The maximum Gasteiger partial charge on any atom is 0.416 e. The number of hydrogen-bond donors (Lipinski definition) is 1. The number of benzene rings is 2. The summed E-state index contributed by atoms with van der Waals surface area (Å²) in [4.78, 5) is 26.9. The van der Waals surface area contributed by atoms with Crippen molar-refractivity contribution in [2.45, 2.75) is 32.1 Å².